The van der Waals surface area contributed by atoms with E-state index in [2.05, 4.69) is 10.4 Å². The molecule has 0 aliphatic heterocycles. The number of hydrogen-bond acceptors (Lipinski definition) is 3. The van der Waals surface area contributed by atoms with Crippen molar-refractivity contribution < 1.29 is 13.2 Å². The molecule has 1 atom stereocenters. The summed E-state index contributed by atoms with van der Waals surface area (Å²) in [5, 5.41) is 6.20. The van der Waals surface area contributed by atoms with Crippen LogP contribution in [0.15, 0.2) is 11.0 Å². The fourth-order valence-corrected chi connectivity index (χ4v) is 1.50. The van der Waals surface area contributed by atoms with Gasteiger partial charge < -0.3 is 5.32 Å². The van der Waals surface area contributed by atoms with Gasteiger partial charge in [0, 0.05) is 6.04 Å². The van der Waals surface area contributed by atoms with Crippen LogP contribution in [0.3, 0.4) is 0 Å². The van der Waals surface area contributed by atoms with Crippen molar-refractivity contribution in [2.45, 2.75) is 46.5 Å². The Balaban J connectivity index is 3.04. The van der Waals surface area contributed by atoms with E-state index in [-0.39, 0.29) is 22.2 Å². The number of halogens is 4. The van der Waals surface area contributed by atoms with Crippen molar-refractivity contribution in [3.63, 3.8) is 0 Å². The third-order valence-electron chi connectivity index (χ3n) is 2.98. The van der Waals surface area contributed by atoms with Crippen LogP contribution in [0.2, 0.25) is 5.02 Å². The van der Waals surface area contributed by atoms with Crippen molar-refractivity contribution in [2.24, 2.45) is 5.41 Å². The predicted octanol–water partition coefficient (Wildman–Crippen LogP) is 3.31. The van der Waals surface area contributed by atoms with Crippen LogP contribution < -0.4 is 10.9 Å². The maximum absolute atomic E-state index is 12.3. The van der Waals surface area contributed by atoms with Gasteiger partial charge in [-0.2, -0.15) is 18.3 Å². The molecule has 0 radical (unpaired) electrons. The van der Waals surface area contributed by atoms with E-state index in [0.29, 0.717) is 4.68 Å². The minimum Gasteiger partial charge on any atom is -0.379 e. The molecule has 0 fully saturated rings. The Bertz CT molecular complexity index is 534. The first-order valence-corrected chi connectivity index (χ1v) is 6.38. The van der Waals surface area contributed by atoms with Gasteiger partial charge in [-0.05, 0) is 12.3 Å². The second kappa shape index (κ2) is 5.63. The smallest absolute Gasteiger partial charge is 0.379 e. The van der Waals surface area contributed by atoms with Crippen molar-refractivity contribution in [2.75, 3.05) is 5.32 Å². The van der Waals surface area contributed by atoms with Gasteiger partial charge in [-0.15, -0.1) is 0 Å². The van der Waals surface area contributed by atoms with E-state index >= 15 is 0 Å². The summed E-state index contributed by atoms with van der Waals surface area (Å²) in [5.74, 6) is 0. The number of nitrogens with one attached hydrogen (secondary N) is 1. The molecule has 8 heteroatoms. The van der Waals surface area contributed by atoms with E-state index in [1.54, 1.807) is 0 Å². The zero-order valence-corrected chi connectivity index (χ0v) is 12.4. The fourth-order valence-electron chi connectivity index (χ4n) is 1.30. The van der Waals surface area contributed by atoms with E-state index in [9.17, 15) is 18.0 Å². The first kappa shape index (κ1) is 16.8. The number of nitrogens with zero attached hydrogens (tertiary/aromatic N) is 2. The molecule has 0 saturated carbocycles. The molecule has 0 aromatic carbocycles. The Morgan fingerprint density at radius 3 is 2.40 bits per heavy atom. The predicted molar refractivity (Wildman–Crippen MR) is 72.1 cm³/mol. The van der Waals surface area contributed by atoms with Gasteiger partial charge in [0.1, 0.15) is 11.6 Å². The molecule has 1 aromatic heterocycles. The lowest BCUT2D eigenvalue weighted by molar-refractivity contribution is -0.143. The molecule has 114 valence electrons. The average molecular weight is 312 g/mol. The minimum absolute atomic E-state index is 0.0420. The highest BCUT2D eigenvalue weighted by Crippen LogP contribution is 2.25. The molecule has 0 saturated heterocycles. The topological polar surface area (TPSA) is 46.9 Å². The van der Waals surface area contributed by atoms with Crippen molar-refractivity contribution in [1.29, 1.82) is 0 Å². The van der Waals surface area contributed by atoms with Crippen LogP contribution >= 0.6 is 11.6 Å². The summed E-state index contributed by atoms with van der Waals surface area (Å²) in [6.07, 6.45) is -3.38. The van der Waals surface area contributed by atoms with Crippen LogP contribution in [-0.2, 0) is 6.54 Å². The van der Waals surface area contributed by atoms with E-state index in [1.807, 2.05) is 27.7 Å². The fraction of sp³-hybridized carbons (Fsp3) is 0.667. The molecule has 1 rings (SSSR count). The molecule has 0 aliphatic carbocycles. The molecule has 20 heavy (non-hydrogen) atoms. The van der Waals surface area contributed by atoms with Gasteiger partial charge in [-0.1, -0.05) is 32.4 Å². The number of anilines is 1. The first-order valence-electron chi connectivity index (χ1n) is 6.01. The second-order valence-corrected chi connectivity index (χ2v) is 6.06. The Hall–Kier alpha value is -1.24. The van der Waals surface area contributed by atoms with E-state index in [0.717, 1.165) is 6.20 Å². The molecular formula is C12H17ClF3N3O. The molecular weight excluding hydrogens is 295 g/mol. The highest BCUT2D eigenvalue weighted by atomic mass is 35.5. The lowest BCUT2D eigenvalue weighted by Crippen LogP contribution is -2.34. The summed E-state index contributed by atoms with van der Waals surface area (Å²) < 4.78 is 37.1. The Morgan fingerprint density at radius 2 is 1.95 bits per heavy atom. The van der Waals surface area contributed by atoms with E-state index in [4.69, 9.17) is 11.6 Å². The summed E-state index contributed by atoms with van der Waals surface area (Å²) in [7, 11) is 0. The third-order valence-corrected chi connectivity index (χ3v) is 3.35. The van der Waals surface area contributed by atoms with Crippen molar-refractivity contribution >= 4 is 17.3 Å². The van der Waals surface area contributed by atoms with Gasteiger partial charge in [-0.25, -0.2) is 4.68 Å². The van der Waals surface area contributed by atoms with E-state index in [1.165, 1.54) is 0 Å². The van der Waals surface area contributed by atoms with Crippen molar-refractivity contribution in [3.05, 3.63) is 21.6 Å². The second-order valence-electron chi connectivity index (χ2n) is 5.68. The van der Waals surface area contributed by atoms with Crippen LogP contribution in [0.4, 0.5) is 18.9 Å². The van der Waals surface area contributed by atoms with Gasteiger partial charge in [0.25, 0.3) is 5.56 Å². The maximum atomic E-state index is 12.3. The van der Waals surface area contributed by atoms with E-state index < -0.39 is 18.3 Å². The van der Waals surface area contributed by atoms with Crippen LogP contribution in [0.1, 0.15) is 27.7 Å². The van der Waals surface area contributed by atoms with Crippen LogP contribution in [0.25, 0.3) is 0 Å². The highest BCUT2D eigenvalue weighted by molar-refractivity contribution is 6.32. The zero-order chi connectivity index (χ0) is 15.7. The normalized spacial score (nSPS) is 14.2. The monoisotopic (exact) mass is 311 g/mol. The number of hydrogen-bond donors (Lipinski definition) is 1. The summed E-state index contributed by atoms with van der Waals surface area (Å²) in [6.45, 7) is 6.38. The molecule has 1 N–H and O–H groups in total. The third kappa shape index (κ3) is 4.40. The first-order chi connectivity index (χ1) is 8.92. The van der Waals surface area contributed by atoms with Crippen LogP contribution in [0, 0.1) is 5.41 Å². The van der Waals surface area contributed by atoms with Crippen molar-refractivity contribution in [3.8, 4) is 0 Å². The molecule has 0 amide bonds. The molecule has 1 aromatic rings. The van der Waals surface area contributed by atoms with Gasteiger partial charge in [0.2, 0.25) is 0 Å². The number of aromatic nitrogens is 2. The molecule has 0 bridgehead atoms. The lowest BCUT2D eigenvalue weighted by atomic mass is 9.88. The van der Waals surface area contributed by atoms with Gasteiger partial charge >= 0.3 is 6.18 Å². The lowest BCUT2D eigenvalue weighted by Gasteiger charge is -2.29. The maximum Gasteiger partial charge on any atom is 0.408 e. The number of alkyl halides is 3. The van der Waals surface area contributed by atoms with Gasteiger partial charge in [-0.3, -0.25) is 4.79 Å². The largest absolute Gasteiger partial charge is 0.408 e. The standard InChI is InChI=1S/C12H17ClF3N3O/c1-7(11(2,3)4)18-8-5-17-19(6-12(14,15)16)10(20)9(8)13/h5,7,18H,6H2,1-4H3. The summed E-state index contributed by atoms with van der Waals surface area (Å²) in [6, 6.07) is -0.0420. The summed E-state index contributed by atoms with van der Waals surface area (Å²) >= 11 is 5.82. The van der Waals surface area contributed by atoms with Gasteiger partial charge in [0.05, 0.1) is 11.9 Å². The highest BCUT2D eigenvalue weighted by Gasteiger charge is 2.30. The summed E-state index contributed by atoms with van der Waals surface area (Å²) in [4.78, 5) is 11.7. The Kier molecular flexibility index (Phi) is 4.74. The Morgan fingerprint density at radius 1 is 1.40 bits per heavy atom. The van der Waals surface area contributed by atoms with Crippen LogP contribution in [-0.4, -0.2) is 22.0 Å². The summed E-state index contributed by atoms with van der Waals surface area (Å²) in [5.41, 5.74) is -0.836. The Labute approximate surface area is 119 Å². The zero-order valence-electron chi connectivity index (χ0n) is 11.7. The number of rotatable bonds is 3. The molecule has 4 nitrogen and oxygen atoms in total. The SMILES string of the molecule is CC(Nc1cnn(CC(F)(F)F)c(=O)c1Cl)C(C)(C)C. The molecule has 0 aliphatic rings. The molecule has 0 spiro atoms. The molecule has 1 heterocycles. The van der Waals surface area contributed by atoms with Crippen molar-refractivity contribution in [1.82, 2.24) is 9.78 Å². The quantitative estimate of drug-likeness (QED) is 0.931. The minimum atomic E-state index is -4.52. The van der Waals surface area contributed by atoms with Crippen LogP contribution in [0.5, 0.6) is 0 Å². The van der Waals surface area contributed by atoms with Gasteiger partial charge in [0.15, 0.2) is 0 Å². The average Bonchev–Trinajstić information content (AvgIpc) is 2.25. The molecule has 1 unspecified atom stereocenters.